The molecule has 0 aliphatic carbocycles. The summed E-state index contributed by atoms with van der Waals surface area (Å²) in [4.78, 5) is 16.0. The summed E-state index contributed by atoms with van der Waals surface area (Å²) < 4.78 is 1.89. The second-order valence-corrected chi connectivity index (χ2v) is 5.16. The Hall–Kier alpha value is -2.33. The van der Waals surface area contributed by atoms with Crippen LogP contribution in [-0.4, -0.2) is 15.5 Å². The van der Waals surface area contributed by atoms with Crippen LogP contribution >= 0.6 is 11.6 Å². The average Bonchev–Trinajstić information content (AvgIpc) is 2.91. The minimum Gasteiger partial charge on any atom is -0.350 e. The maximum absolute atomic E-state index is 12.0. The van der Waals surface area contributed by atoms with Gasteiger partial charge in [0.1, 0.15) is 6.54 Å². The van der Waals surface area contributed by atoms with Crippen molar-refractivity contribution in [1.82, 2.24) is 14.9 Å². The number of amides is 1. The maximum atomic E-state index is 12.0. The highest BCUT2D eigenvalue weighted by molar-refractivity contribution is 6.35. The molecule has 0 radical (unpaired) electrons. The Morgan fingerprint density at radius 3 is 2.95 bits per heavy atom. The zero-order valence-corrected chi connectivity index (χ0v) is 12.0. The first-order valence-corrected chi connectivity index (χ1v) is 7.01. The first-order valence-electron chi connectivity index (χ1n) is 6.63. The molecule has 0 saturated heterocycles. The van der Waals surface area contributed by atoms with E-state index in [4.69, 9.17) is 11.6 Å². The molecule has 2 aromatic heterocycles. The van der Waals surface area contributed by atoms with E-state index in [2.05, 4.69) is 10.3 Å². The maximum Gasteiger partial charge on any atom is 0.240 e. The highest BCUT2D eigenvalue weighted by atomic mass is 35.5. The Bertz CT molecular complexity index is 768. The third kappa shape index (κ3) is 3.06. The van der Waals surface area contributed by atoms with Crippen LogP contribution in [-0.2, 0) is 17.9 Å². The Labute approximate surface area is 127 Å². The minimum absolute atomic E-state index is 0.0451. The van der Waals surface area contributed by atoms with Crippen molar-refractivity contribution in [1.29, 1.82) is 0 Å². The van der Waals surface area contributed by atoms with Gasteiger partial charge in [0, 0.05) is 41.1 Å². The fraction of sp³-hybridized carbons (Fsp3) is 0.125. The van der Waals surface area contributed by atoms with Crippen LogP contribution < -0.4 is 5.32 Å². The van der Waals surface area contributed by atoms with Gasteiger partial charge in [-0.3, -0.25) is 9.78 Å². The molecule has 0 fully saturated rings. The quantitative estimate of drug-likeness (QED) is 0.805. The lowest BCUT2D eigenvalue weighted by Gasteiger charge is -2.07. The summed E-state index contributed by atoms with van der Waals surface area (Å²) in [5.41, 5.74) is 1.94. The number of carbonyl (C=O) groups excluding carboxylic acids is 1. The molecular weight excluding hydrogens is 286 g/mol. The molecule has 0 saturated carbocycles. The first-order chi connectivity index (χ1) is 10.2. The van der Waals surface area contributed by atoms with Crippen molar-refractivity contribution in [2.45, 2.75) is 13.1 Å². The zero-order valence-electron chi connectivity index (χ0n) is 11.3. The van der Waals surface area contributed by atoms with Gasteiger partial charge in [-0.25, -0.2) is 0 Å². The van der Waals surface area contributed by atoms with Crippen LogP contribution in [0, 0.1) is 0 Å². The van der Waals surface area contributed by atoms with Crippen molar-refractivity contribution in [3.63, 3.8) is 0 Å². The first kappa shape index (κ1) is 13.6. The van der Waals surface area contributed by atoms with Crippen LogP contribution in [0.4, 0.5) is 0 Å². The number of benzene rings is 1. The molecule has 0 spiro atoms. The van der Waals surface area contributed by atoms with E-state index in [1.807, 2.05) is 47.2 Å². The predicted molar refractivity (Wildman–Crippen MR) is 83.0 cm³/mol. The zero-order chi connectivity index (χ0) is 14.7. The van der Waals surface area contributed by atoms with Gasteiger partial charge >= 0.3 is 0 Å². The Morgan fingerprint density at radius 1 is 1.24 bits per heavy atom. The molecule has 1 amide bonds. The average molecular weight is 300 g/mol. The number of nitrogens with one attached hydrogen (secondary N) is 1. The summed E-state index contributed by atoms with van der Waals surface area (Å²) in [6.45, 7) is 0.747. The normalized spacial score (nSPS) is 10.7. The van der Waals surface area contributed by atoms with Crippen LogP contribution in [0.25, 0.3) is 10.9 Å². The predicted octanol–water partition coefficient (Wildman–Crippen LogP) is 3.01. The highest BCUT2D eigenvalue weighted by Crippen LogP contribution is 2.23. The number of halogens is 1. The summed E-state index contributed by atoms with van der Waals surface area (Å²) in [7, 11) is 0. The summed E-state index contributed by atoms with van der Waals surface area (Å²) >= 11 is 6.13. The van der Waals surface area contributed by atoms with Crippen molar-refractivity contribution in [2.75, 3.05) is 0 Å². The van der Waals surface area contributed by atoms with E-state index in [1.165, 1.54) is 0 Å². The standard InChI is InChI=1S/C16H14ClN3O/c17-14-4-1-5-15-13(14)6-8-20(15)11-16(21)19-10-12-3-2-7-18-9-12/h1-9H,10-11H2,(H,19,21). The van der Waals surface area contributed by atoms with E-state index < -0.39 is 0 Å². The molecule has 5 heteroatoms. The lowest BCUT2D eigenvalue weighted by molar-refractivity contribution is -0.121. The van der Waals surface area contributed by atoms with Gasteiger partial charge in [0.05, 0.1) is 0 Å². The number of carbonyl (C=O) groups is 1. The molecule has 1 N–H and O–H groups in total. The summed E-state index contributed by atoms with van der Waals surface area (Å²) in [5.74, 6) is -0.0451. The van der Waals surface area contributed by atoms with Crippen molar-refractivity contribution in [3.05, 3.63) is 65.6 Å². The van der Waals surface area contributed by atoms with E-state index >= 15 is 0 Å². The molecular formula is C16H14ClN3O. The summed E-state index contributed by atoms with van der Waals surface area (Å²) in [6, 6.07) is 11.4. The van der Waals surface area contributed by atoms with Gasteiger partial charge in [-0.1, -0.05) is 23.7 Å². The van der Waals surface area contributed by atoms with Gasteiger partial charge in [0.2, 0.25) is 5.91 Å². The number of hydrogen-bond donors (Lipinski definition) is 1. The lowest BCUT2D eigenvalue weighted by Crippen LogP contribution is -2.26. The molecule has 3 rings (SSSR count). The number of nitrogens with zero attached hydrogens (tertiary/aromatic N) is 2. The summed E-state index contributed by atoms with van der Waals surface area (Å²) in [5, 5.41) is 4.54. The molecule has 3 aromatic rings. The van der Waals surface area contributed by atoms with Crippen molar-refractivity contribution in [3.8, 4) is 0 Å². The van der Waals surface area contributed by atoms with Gasteiger partial charge in [0.25, 0.3) is 0 Å². The van der Waals surface area contributed by atoms with Crippen LogP contribution in [0.3, 0.4) is 0 Å². The van der Waals surface area contributed by atoms with Gasteiger partial charge in [-0.2, -0.15) is 0 Å². The smallest absolute Gasteiger partial charge is 0.240 e. The molecule has 21 heavy (non-hydrogen) atoms. The third-order valence-corrected chi connectivity index (χ3v) is 3.62. The number of aromatic nitrogens is 2. The molecule has 106 valence electrons. The molecule has 0 atom stereocenters. The van der Waals surface area contributed by atoms with E-state index in [1.54, 1.807) is 12.4 Å². The highest BCUT2D eigenvalue weighted by Gasteiger charge is 2.07. The number of rotatable bonds is 4. The SMILES string of the molecule is O=C(Cn1ccc2c(Cl)cccc21)NCc1cccnc1. The molecule has 0 aliphatic rings. The Morgan fingerprint density at radius 2 is 2.14 bits per heavy atom. The van der Waals surface area contributed by atoms with Crippen molar-refractivity contribution < 1.29 is 4.79 Å². The van der Waals surface area contributed by atoms with Crippen molar-refractivity contribution in [2.24, 2.45) is 0 Å². The van der Waals surface area contributed by atoms with Gasteiger partial charge in [-0.15, -0.1) is 0 Å². The largest absolute Gasteiger partial charge is 0.350 e. The van der Waals surface area contributed by atoms with E-state index in [0.29, 0.717) is 11.6 Å². The van der Waals surface area contributed by atoms with Gasteiger partial charge in [-0.05, 0) is 29.8 Å². The van der Waals surface area contributed by atoms with E-state index in [0.717, 1.165) is 16.5 Å². The fourth-order valence-electron chi connectivity index (χ4n) is 2.24. The topological polar surface area (TPSA) is 46.9 Å². The number of hydrogen-bond acceptors (Lipinski definition) is 2. The Balaban J connectivity index is 1.68. The molecule has 2 heterocycles. The second-order valence-electron chi connectivity index (χ2n) is 4.75. The van der Waals surface area contributed by atoms with E-state index in [9.17, 15) is 4.79 Å². The number of fused-ring (bicyclic) bond motifs is 1. The van der Waals surface area contributed by atoms with Gasteiger partial charge in [0.15, 0.2) is 0 Å². The van der Waals surface area contributed by atoms with Crippen LogP contribution in [0.15, 0.2) is 55.0 Å². The monoisotopic (exact) mass is 299 g/mol. The van der Waals surface area contributed by atoms with E-state index in [-0.39, 0.29) is 12.5 Å². The summed E-state index contributed by atoms with van der Waals surface area (Å²) in [6.07, 6.45) is 5.33. The third-order valence-electron chi connectivity index (χ3n) is 3.29. The molecule has 1 aromatic carbocycles. The molecule has 0 bridgehead atoms. The fourth-order valence-corrected chi connectivity index (χ4v) is 2.47. The molecule has 4 nitrogen and oxygen atoms in total. The minimum atomic E-state index is -0.0451. The van der Waals surface area contributed by atoms with Crippen LogP contribution in [0.1, 0.15) is 5.56 Å². The second kappa shape index (κ2) is 5.97. The molecule has 0 aliphatic heterocycles. The van der Waals surface area contributed by atoms with Gasteiger partial charge < -0.3 is 9.88 Å². The number of pyridine rings is 1. The van der Waals surface area contributed by atoms with Crippen LogP contribution in [0.5, 0.6) is 0 Å². The Kier molecular flexibility index (Phi) is 3.88. The van der Waals surface area contributed by atoms with Crippen LogP contribution in [0.2, 0.25) is 5.02 Å². The van der Waals surface area contributed by atoms with Crippen molar-refractivity contribution >= 4 is 28.4 Å². The molecule has 0 unspecified atom stereocenters. The lowest BCUT2D eigenvalue weighted by atomic mass is 10.2.